The first-order chi connectivity index (χ1) is 9.19. The van der Waals surface area contributed by atoms with Crippen molar-refractivity contribution in [1.29, 1.82) is 0 Å². The SMILES string of the molecule is CCCNC(Cc1ccn(C)n1)c1cnc(C)cn1. The van der Waals surface area contributed by atoms with Gasteiger partial charge in [0.25, 0.3) is 0 Å². The molecule has 0 aliphatic rings. The maximum Gasteiger partial charge on any atom is 0.0760 e. The summed E-state index contributed by atoms with van der Waals surface area (Å²) < 4.78 is 1.83. The molecule has 19 heavy (non-hydrogen) atoms. The Balaban J connectivity index is 2.13. The van der Waals surface area contributed by atoms with Gasteiger partial charge in [0.2, 0.25) is 0 Å². The summed E-state index contributed by atoms with van der Waals surface area (Å²) in [5.41, 5.74) is 2.99. The minimum absolute atomic E-state index is 0.169. The van der Waals surface area contributed by atoms with Crippen LogP contribution in [0, 0.1) is 6.92 Å². The Kier molecular flexibility index (Phi) is 4.63. The molecule has 0 aromatic carbocycles. The van der Waals surface area contributed by atoms with Gasteiger partial charge in [-0.3, -0.25) is 14.6 Å². The minimum Gasteiger partial charge on any atom is -0.308 e. The third kappa shape index (κ3) is 3.86. The summed E-state index contributed by atoms with van der Waals surface area (Å²) >= 11 is 0. The van der Waals surface area contributed by atoms with Crippen LogP contribution in [-0.4, -0.2) is 26.3 Å². The lowest BCUT2D eigenvalue weighted by atomic mass is 10.1. The summed E-state index contributed by atoms with van der Waals surface area (Å²) in [4.78, 5) is 8.80. The third-order valence-corrected chi connectivity index (χ3v) is 2.98. The number of hydrogen-bond acceptors (Lipinski definition) is 4. The molecule has 102 valence electrons. The average Bonchev–Trinajstić information content (AvgIpc) is 2.81. The van der Waals surface area contributed by atoms with Gasteiger partial charge in [0.1, 0.15) is 0 Å². The van der Waals surface area contributed by atoms with E-state index in [1.165, 1.54) is 0 Å². The second-order valence-electron chi connectivity index (χ2n) is 4.77. The maximum absolute atomic E-state index is 4.47. The van der Waals surface area contributed by atoms with E-state index in [9.17, 15) is 0 Å². The van der Waals surface area contributed by atoms with Crippen molar-refractivity contribution in [2.75, 3.05) is 6.54 Å². The predicted octanol–water partition coefficient (Wildman–Crippen LogP) is 1.80. The van der Waals surface area contributed by atoms with Crippen LogP contribution in [0.4, 0.5) is 0 Å². The van der Waals surface area contributed by atoms with E-state index in [4.69, 9.17) is 0 Å². The quantitative estimate of drug-likeness (QED) is 0.859. The van der Waals surface area contributed by atoms with Gasteiger partial charge in [0.05, 0.1) is 29.3 Å². The van der Waals surface area contributed by atoms with E-state index in [0.29, 0.717) is 0 Å². The van der Waals surface area contributed by atoms with Crippen LogP contribution in [0.1, 0.15) is 36.5 Å². The van der Waals surface area contributed by atoms with Crippen LogP contribution in [0.3, 0.4) is 0 Å². The van der Waals surface area contributed by atoms with Crippen LogP contribution < -0.4 is 5.32 Å². The van der Waals surface area contributed by atoms with Crippen molar-refractivity contribution in [2.45, 2.75) is 32.7 Å². The molecule has 2 rings (SSSR count). The van der Waals surface area contributed by atoms with Crippen LogP contribution in [0.25, 0.3) is 0 Å². The average molecular weight is 259 g/mol. The van der Waals surface area contributed by atoms with Gasteiger partial charge in [-0.1, -0.05) is 6.92 Å². The Hall–Kier alpha value is -1.75. The highest BCUT2D eigenvalue weighted by Crippen LogP contribution is 2.15. The van der Waals surface area contributed by atoms with Crippen LogP contribution in [-0.2, 0) is 13.5 Å². The number of aromatic nitrogens is 4. The van der Waals surface area contributed by atoms with E-state index >= 15 is 0 Å². The Morgan fingerprint density at radius 2 is 2.16 bits per heavy atom. The Bertz CT molecular complexity index is 503. The molecule has 5 nitrogen and oxygen atoms in total. The summed E-state index contributed by atoms with van der Waals surface area (Å²) in [5.74, 6) is 0. The van der Waals surface area contributed by atoms with E-state index in [1.54, 1.807) is 0 Å². The Morgan fingerprint density at radius 1 is 1.32 bits per heavy atom. The molecular formula is C14H21N5. The van der Waals surface area contributed by atoms with Gasteiger partial charge in [-0.15, -0.1) is 0 Å². The van der Waals surface area contributed by atoms with Crippen molar-refractivity contribution in [3.8, 4) is 0 Å². The fraction of sp³-hybridized carbons (Fsp3) is 0.500. The minimum atomic E-state index is 0.169. The van der Waals surface area contributed by atoms with Gasteiger partial charge in [-0.2, -0.15) is 5.10 Å². The molecule has 0 amide bonds. The fourth-order valence-electron chi connectivity index (χ4n) is 1.96. The monoisotopic (exact) mass is 259 g/mol. The van der Waals surface area contributed by atoms with Crippen molar-refractivity contribution in [1.82, 2.24) is 25.1 Å². The van der Waals surface area contributed by atoms with Gasteiger partial charge in [-0.05, 0) is 26.0 Å². The topological polar surface area (TPSA) is 55.6 Å². The molecule has 1 N–H and O–H groups in total. The largest absolute Gasteiger partial charge is 0.308 e. The second kappa shape index (κ2) is 6.43. The molecule has 0 radical (unpaired) electrons. The first kappa shape index (κ1) is 13.7. The van der Waals surface area contributed by atoms with E-state index in [-0.39, 0.29) is 6.04 Å². The first-order valence-electron chi connectivity index (χ1n) is 6.69. The lowest BCUT2D eigenvalue weighted by molar-refractivity contribution is 0.508. The smallest absolute Gasteiger partial charge is 0.0760 e. The zero-order valence-electron chi connectivity index (χ0n) is 11.8. The van der Waals surface area contributed by atoms with Crippen molar-refractivity contribution >= 4 is 0 Å². The molecule has 0 aliphatic carbocycles. The van der Waals surface area contributed by atoms with Crippen LogP contribution in [0.5, 0.6) is 0 Å². The number of nitrogens with zero attached hydrogens (tertiary/aromatic N) is 4. The van der Waals surface area contributed by atoms with Crippen molar-refractivity contribution in [3.63, 3.8) is 0 Å². The predicted molar refractivity (Wildman–Crippen MR) is 74.7 cm³/mol. The Labute approximate surface area is 114 Å². The maximum atomic E-state index is 4.47. The molecule has 0 saturated heterocycles. The van der Waals surface area contributed by atoms with E-state index < -0.39 is 0 Å². The van der Waals surface area contributed by atoms with Gasteiger partial charge in [0.15, 0.2) is 0 Å². The highest BCUT2D eigenvalue weighted by atomic mass is 15.2. The van der Waals surface area contributed by atoms with Crippen LogP contribution in [0.2, 0.25) is 0 Å². The second-order valence-corrected chi connectivity index (χ2v) is 4.77. The Morgan fingerprint density at radius 3 is 2.74 bits per heavy atom. The van der Waals surface area contributed by atoms with E-state index in [2.05, 4.69) is 27.3 Å². The summed E-state index contributed by atoms with van der Waals surface area (Å²) in [6.07, 6.45) is 7.56. The number of aryl methyl sites for hydroxylation is 2. The molecule has 1 unspecified atom stereocenters. The highest BCUT2D eigenvalue weighted by molar-refractivity contribution is 5.11. The van der Waals surface area contributed by atoms with Crippen LogP contribution in [0.15, 0.2) is 24.7 Å². The lowest BCUT2D eigenvalue weighted by Gasteiger charge is -2.16. The summed E-state index contributed by atoms with van der Waals surface area (Å²) in [6, 6.07) is 2.21. The highest BCUT2D eigenvalue weighted by Gasteiger charge is 2.14. The molecule has 0 saturated carbocycles. The molecular weight excluding hydrogens is 238 g/mol. The van der Waals surface area contributed by atoms with E-state index in [1.807, 2.05) is 43.3 Å². The molecule has 2 heterocycles. The van der Waals surface area contributed by atoms with Crippen molar-refractivity contribution in [3.05, 3.63) is 41.7 Å². The molecule has 0 aliphatic heterocycles. The molecule has 5 heteroatoms. The zero-order chi connectivity index (χ0) is 13.7. The number of nitrogens with one attached hydrogen (secondary N) is 1. The normalized spacial score (nSPS) is 12.6. The number of hydrogen-bond donors (Lipinski definition) is 1. The summed E-state index contributed by atoms with van der Waals surface area (Å²) in [5, 5.41) is 7.94. The fourth-order valence-corrected chi connectivity index (χ4v) is 1.96. The molecule has 0 spiro atoms. The molecule has 2 aromatic heterocycles. The molecule has 1 atom stereocenters. The molecule has 2 aromatic rings. The van der Waals surface area contributed by atoms with Crippen molar-refractivity contribution < 1.29 is 0 Å². The zero-order valence-corrected chi connectivity index (χ0v) is 11.8. The third-order valence-electron chi connectivity index (χ3n) is 2.98. The van der Waals surface area contributed by atoms with Gasteiger partial charge in [-0.25, -0.2) is 0 Å². The van der Waals surface area contributed by atoms with E-state index in [0.717, 1.165) is 36.5 Å². The van der Waals surface area contributed by atoms with Crippen molar-refractivity contribution in [2.24, 2.45) is 7.05 Å². The lowest BCUT2D eigenvalue weighted by Crippen LogP contribution is -2.25. The summed E-state index contributed by atoms with van der Waals surface area (Å²) in [6.45, 7) is 5.07. The van der Waals surface area contributed by atoms with Crippen LogP contribution >= 0.6 is 0 Å². The number of rotatable bonds is 6. The van der Waals surface area contributed by atoms with Gasteiger partial charge < -0.3 is 5.32 Å². The standard InChI is InChI=1S/C14H21N5/c1-4-6-15-13(8-12-5-7-19(3)18-12)14-10-16-11(2)9-17-14/h5,7,9-10,13,15H,4,6,8H2,1-3H3. The molecule has 0 fully saturated rings. The molecule has 0 bridgehead atoms. The summed E-state index contributed by atoms with van der Waals surface area (Å²) in [7, 11) is 1.93. The first-order valence-corrected chi connectivity index (χ1v) is 6.69. The van der Waals surface area contributed by atoms with Gasteiger partial charge >= 0.3 is 0 Å². The van der Waals surface area contributed by atoms with Gasteiger partial charge in [0, 0.05) is 25.9 Å².